The van der Waals surface area contributed by atoms with Gasteiger partial charge in [-0.3, -0.25) is 9.69 Å². The van der Waals surface area contributed by atoms with Gasteiger partial charge in [-0.25, -0.2) is 0 Å². The number of hydrogen-bond donors (Lipinski definition) is 1. The molecule has 1 amide bonds. The number of likely N-dealkylation sites (tertiary alicyclic amines) is 1. The van der Waals surface area contributed by atoms with Crippen LogP contribution >= 0.6 is 11.6 Å². The first-order chi connectivity index (χ1) is 13.6. The summed E-state index contributed by atoms with van der Waals surface area (Å²) in [7, 11) is 0. The normalized spacial score (nSPS) is 16.2. The van der Waals surface area contributed by atoms with E-state index >= 15 is 0 Å². The molecule has 2 aromatic carbocycles. The number of ether oxygens (including phenoxy) is 1. The fourth-order valence-corrected chi connectivity index (χ4v) is 3.89. The number of nitrogens with zero attached hydrogens (tertiary/aromatic N) is 1. The number of hydrogen-bond acceptors (Lipinski definition) is 3. The minimum absolute atomic E-state index is 0.0122. The van der Waals surface area contributed by atoms with Gasteiger partial charge in [-0.1, -0.05) is 60.3 Å². The lowest BCUT2D eigenvalue weighted by atomic mass is 10.0. The van der Waals surface area contributed by atoms with E-state index in [0.717, 1.165) is 29.2 Å². The molecule has 1 aliphatic rings. The van der Waals surface area contributed by atoms with Crippen LogP contribution in [0, 0.1) is 6.92 Å². The van der Waals surface area contributed by atoms with Crippen LogP contribution in [0.1, 0.15) is 42.9 Å². The molecule has 28 heavy (non-hydrogen) atoms. The van der Waals surface area contributed by atoms with Gasteiger partial charge in [0.1, 0.15) is 5.75 Å². The Hall–Kier alpha value is -2.04. The molecule has 1 aliphatic heterocycles. The standard InChI is InChI=1S/C23H29ClN2O2/c1-18-10-12-19(13-11-18)28-17-23(27)25-16-22(20-8-4-5-9-21(20)24)26-14-6-2-3-7-15-26/h4-5,8-13,22H,2-3,6-7,14-17H2,1H3,(H,25,27)/t22-/m0/s1. The third-order valence-electron chi connectivity index (χ3n) is 5.23. The molecule has 2 aromatic rings. The molecule has 1 saturated heterocycles. The molecule has 0 unspecified atom stereocenters. The minimum atomic E-state index is -0.118. The lowest BCUT2D eigenvalue weighted by Gasteiger charge is -2.31. The molecule has 1 atom stereocenters. The first-order valence-electron chi connectivity index (χ1n) is 10.1. The molecule has 5 heteroatoms. The van der Waals surface area contributed by atoms with Crippen LogP contribution in [0.3, 0.4) is 0 Å². The van der Waals surface area contributed by atoms with Crippen molar-refractivity contribution in [3.63, 3.8) is 0 Å². The predicted octanol–water partition coefficient (Wildman–Crippen LogP) is 4.76. The van der Waals surface area contributed by atoms with Crippen molar-refractivity contribution in [1.82, 2.24) is 10.2 Å². The zero-order valence-electron chi connectivity index (χ0n) is 16.5. The second kappa shape index (κ2) is 10.5. The minimum Gasteiger partial charge on any atom is -0.484 e. The maximum atomic E-state index is 12.4. The third kappa shape index (κ3) is 5.98. The number of amides is 1. The summed E-state index contributed by atoms with van der Waals surface area (Å²) in [6, 6.07) is 15.7. The van der Waals surface area contributed by atoms with Gasteiger partial charge in [0.25, 0.3) is 5.91 Å². The SMILES string of the molecule is Cc1ccc(OCC(=O)NC[C@@H](c2ccccc2Cl)N2CCCCCC2)cc1. The van der Waals surface area contributed by atoms with Gasteiger partial charge in [0, 0.05) is 11.6 Å². The molecule has 1 heterocycles. The maximum absolute atomic E-state index is 12.4. The van der Waals surface area contributed by atoms with Crippen molar-refractivity contribution in [2.75, 3.05) is 26.2 Å². The van der Waals surface area contributed by atoms with Gasteiger partial charge in [0.05, 0.1) is 6.04 Å². The van der Waals surface area contributed by atoms with E-state index in [1.54, 1.807) is 0 Å². The van der Waals surface area contributed by atoms with Crippen molar-refractivity contribution < 1.29 is 9.53 Å². The number of halogens is 1. The van der Waals surface area contributed by atoms with E-state index < -0.39 is 0 Å². The Morgan fingerprint density at radius 3 is 2.43 bits per heavy atom. The van der Waals surface area contributed by atoms with Crippen molar-refractivity contribution in [3.8, 4) is 5.75 Å². The van der Waals surface area contributed by atoms with E-state index in [1.165, 1.54) is 25.7 Å². The van der Waals surface area contributed by atoms with Gasteiger partial charge in [0.2, 0.25) is 0 Å². The van der Waals surface area contributed by atoms with Crippen molar-refractivity contribution in [3.05, 3.63) is 64.7 Å². The van der Waals surface area contributed by atoms with Crippen LogP contribution in [-0.4, -0.2) is 37.0 Å². The first kappa shape index (κ1) is 20.7. The highest BCUT2D eigenvalue weighted by molar-refractivity contribution is 6.31. The second-order valence-corrected chi connectivity index (χ2v) is 7.80. The first-order valence-corrected chi connectivity index (χ1v) is 10.5. The Morgan fingerprint density at radius 2 is 1.75 bits per heavy atom. The third-order valence-corrected chi connectivity index (χ3v) is 5.57. The Bertz CT molecular complexity index is 755. The summed E-state index contributed by atoms with van der Waals surface area (Å²) in [4.78, 5) is 14.8. The summed E-state index contributed by atoms with van der Waals surface area (Å²) in [6.07, 6.45) is 4.90. The number of carbonyl (C=O) groups excluding carboxylic acids is 1. The molecule has 1 fully saturated rings. The second-order valence-electron chi connectivity index (χ2n) is 7.39. The highest BCUT2D eigenvalue weighted by Gasteiger charge is 2.24. The highest BCUT2D eigenvalue weighted by atomic mass is 35.5. The van der Waals surface area contributed by atoms with Crippen LogP contribution in [0.2, 0.25) is 5.02 Å². The molecule has 0 bridgehead atoms. The van der Waals surface area contributed by atoms with Crippen LogP contribution in [0.15, 0.2) is 48.5 Å². The molecule has 0 aliphatic carbocycles. The van der Waals surface area contributed by atoms with E-state index in [0.29, 0.717) is 12.3 Å². The molecule has 0 spiro atoms. The Morgan fingerprint density at radius 1 is 1.07 bits per heavy atom. The van der Waals surface area contributed by atoms with Gasteiger partial charge >= 0.3 is 0 Å². The highest BCUT2D eigenvalue weighted by Crippen LogP contribution is 2.29. The van der Waals surface area contributed by atoms with Crippen molar-refractivity contribution >= 4 is 17.5 Å². The Labute approximate surface area is 172 Å². The zero-order chi connectivity index (χ0) is 19.8. The molecule has 4 nitrogen and oxygen atoms in total. The van der Waals surface area contributed by atoms with E-state index in [-0.39, 0.29) is 18.6 Å². The number of benzene rings is 2. The van der Waals surface area contributed by atoms with Gasteiger partial charge < -0.3 is 10.1 Å². The number of carbonyl (C=O) groups is 1. The fraction of sp³-hybridized carbons (Fsp3) is 0.435. The summed E-state index contributed by atoms with van der Waals surface area (Å²) in [5.41, 5.74) is 2.24. The molecule has 1 N–H and O–H groups in total. The van der Waals surface area contributed by atoms with Gasteiger partial charge in [-0.05, 0) is 56.6 Å². The number of nitrogens with one attached hydrogen (secondary N) is 1. The van der Waals surface area contributed by atoms with Crippen molar-refractivity contribution in [2.24, 2.45) is 0 Å². The average Bonchev–Trinajstić information content (AvgIpc) is 2.98. The van der Waals surface area contributed by atoms with Crippen LogP contribution < -0.4 is 10.1 Å². The Balaban J connectivity index is 1.61. The topological polar surface area (TPSA) is 41.6 Å². The summed E-state index contributed by atoms with van der Waals surface area (Å²) in [6.45, 7) is 4.63. The molecular weight excluding hydrogens is 372 g/mol. The summed E-state index contributed by atoms with van der Waals surface area (Å²) in [5.74, 6) is 0.586. The van der Waals surface area contributed by atoms with Crippen LogP contribution in [-0.2, 0) is 4.79 Å². The van der Waals surface area contributed by atoms with Gasteiger partial charge in [-0.2, -0.15) is 0 Å². The lowest BCUT2D eigenvalue weighted by Crippen LogP contribution is -2.40. The quantitative estimate of drug-likeness (QED) is 0.728. The largest absolute Gasteiger partial charge is 0.484 e. The lowest BCUT2D eigenvalue weighted by molar-refractivity contribution is -0.123. The van der Waals surface area contributed by atoms with E-state index in [9.17, 15) is 4.79 Å². The van der Waals surface area contributed by atoms with E-state index in [1.807, 2.05) is 49.4 Å². The molecule has 0 saturated carbocycles. The monoisotopic (exact) mass is 400 g/mol. The van der Waals surface area contributed by atoms with E-state index in [2.05, 4.69) is 16.3 Å². The van der Waals surface area contributed by atoms with Crippen LogP contribution in [0.5, 0.6) is 5.75 Å². The Kier molecular flexibility index (Phi) is 7.75. The molecule has 150 valence electrons. The van der Waals surface area contributed by atoms with Crippen LogP contribution in [0.4, 0.5) is 0 Å². The summed E-state index contributed by atoms with van der Waals surface area (Å²) < 4.78 is 5.60. The van der Waals surface area contributed by atoms with Gasteiger partial charge in [0.15, 0.2) is 6.61 Å². The molecule has 0 aromatic heterocycles. The number of aryl methyl sites for hydroxylation is 1. The average molecular weight is 401 g/mol. The summed E-state index contributed by atoms with van der Waals surface area (Å²) >= 11 is 6.48. The van der Waals surface area contributed by atoms with E-state index in [4.69, 9.17) is 16.3 Å². The summed E-state index contributed by atoms with van der Waals surface area (Å²) in [5, 5.41) is 3.80. The van der Waals surface area contributed by atoms with Crippen molar-refractivity contribution in [1.29, 1.82) is 0 Å². The van der Waals surface area contributed by atoms with Crippen LogP contribution in [0.25, 0.3) is 0 Å². The van der Waals surface area contributed by atoms with Gasteiger partial charge in [-0.15, -0.1) is 0 Å². The molecule has 0 radical (unpaired) electrons. The smallest absolute Gasteiger partial charge is 0.258 e. The zero-order valence-corrected chi connectivity index (χ0v) is 17.3. The predicted molar refractivity (Wildman–Crippen MR) is 114 cm³/mol. The maximum Gasteiger partial charge on any atom is 0.258 e. The fourth-order valence-electron chi connectivity index (χ4n) is 3.63. The number of rotatable bonds is 7. The van der Waals surface area contributed by atoms with Crippen molar-refractivity contribution in [2.45, 2.75) is 38.6 Å². The molecular formula is C23H29ClN2O2. The molecule has 3 rings (SSSR count).